The average molecular weight is 391 g/mol. The molecule has 0 aliphatic heterocycles. The molecule has 2 aromatic heterocycles. The number of hydrogen-bond acceptors (Lipinski definition) is 3. The van der Waals surface area contributed by atoms with Crippen molar-refractivity contribution in [1.29, 1.82) is 0 Å². The summed E-state index contributed by atoms with van der Waals surface area (Å²) in [6.07, 6.45) is 2.53. The smallest absolute Gasteiger partial charge is 0.181 e. The molecule has 0 radical (unpaired) electrons. The Morgan fingerprint density at radius 1 is 1.28 bits per heavy atom. The van der Waals surface area contributed by atoms with Gasteiger partial charge in [-0.15, -0.1) is 0 Å². The van der Waals surface area contributed by atoms with Crippen molar-refractivity contribution in [3.63, 3.8) is 0 Å². The number of halogens is 3. The maximum Gasteiger partial charge on any atom is 0.181 e. The predicted molar refractivity (Wildman–Crippen MR) is 79.8 cm³/mol. The zero-order valence-electron chi connectivity index (χ0n) is 9.84. The Bertz CT molecular complexity index is 579. The Morgan fingerprint density at radius 3 is 2.56 bits per heavy atom. The fourth-order valence-electron chi connectivity index (χ4n) is 1.65. The molecule has 0 fully saturated rings. The first-order chi connectivity index (χ1) is 8.52. The van der Waals surface area contributed by atoms with Gasteiger partial charge in [0.2, 0.25) is 0 Å². The van der Waals surface area contributed by atoms with Gasteiger partial charge in [0, 0.05) is 26.4 Å². The normalized spacial score (nSPS) is 10.7. The first-order valence-corrected chi connectivity index (χ1v) is 7.33. The second-order valence-corrected chi connectivity index (χ2v) is 5.87. The molecule has 0 unspecified atom stereocenters. The van der Waals surface area contributed by atoms with Gasteiger partial charge in [-0.1, -0.05) is 18.5 Å². The standard InChI is InChI=1S/C12H10Br2ClN3/c1-3-8-6(2)17-12(18-11(8)15)10-9(14)4-7(13)5-16-10/h4-5H,3H2,1-2H3. The molecular weight excluding hydrogens is 381 g/mol. The van der Waals surface area contributed by atoms with Crippen LogP contribution in [-0.4, -0.2) is 15.0 Å². The van der Waals surface area contributed by atoms with E-state index in [0.29, 0.717) is 16.7 Å². The van der Waals surface area contributed by atoms with Crippen LogP contribution in [0.1, 0.15) is 18.2 Å². The molecule has 18 heavy (non-hydrogen) atoms. The molecule has 0 saturated heterocycles. The van der Waals surface area contributed by atoms with Crippen LogP contribution >= 0.6 is 43.5 Å². The quantitative estimate of drug-likeness (QED) is 0.703. The van der Waals surface area contributed by atoms with E-state index in [1.807, 2.05) is 19.9 Å². The van der Waals surface area contributed by atoms with Crippen molar-refractivity contribution in [2.24, 2.45) is 0 Å². The summed E-state index contributed by atoms with van der Waals surface area (Å²) in [4.78, 5) is 13.1. The Kier molecular flexibility index (Phi) is 4.35. The highest BCUT2D eigenvalue weighted by Gasteiger charge is 2.13. The third-order valence-corrected chi connectivity index (χ3v) is 3.89. The molecule has 0 N–H and O–H groups in total. The van der Waals surface area contributed by atoms with Gasteiger partial charge >= 0.3 is 0 Å². The van der Waals surface area contributed by atoms with E-state index in [0.717, 1.165) is 26.6 Å². The van der Waals surface area contributed by atoms with E-state index in [9.17, 15) is 0 Å². The van der Waals surface area contributed by atoms with Gasteiger partial charge in [-0.2, -0.15) is 0 Å². The summed E-state index contributed by atoms with van der Waals surface area (Å²) in [5.74, 6) is 0.536. The van der Waals surface area contributed by atoms with Gasteiger partial charge in [0.15, 0.2) is 5.82 Å². The lowest BCUT2D eigenvalue weighted by Crippen LogP contribution is -2.00. The van der Waals surface area contributed by atoms with Crippen molar-refractivity contribution in [2.75, 3.05) is 0 Å². The summed E-state index contributed by atoms with van der Waals surface area (Å²) >= 11 is 13.0. The van der Waals surface area contributed by atoms with E-state index >= 15 is 0 Å². The molecule has 0 saturated carbocycles. The Balaban J connectivity index is 2.58. The van der Waals surface area contributed by atoms with Gasteiger partial charge in [-0.25, -0.2) is 9.97 Å². The van der Waals surface area contributed by atoms with Gasteiger partial charge in [-0.05, 0) is 51.3 Å². The monoisotopic (exact) mass is 389 g/mol. The second-order valence-electron chi connectivity index (χ2n) is 3.74. The summed E-state index contributed by atoms with van der Waals surface area (Å²) < 4.78 is 1.72. The molecule has 2 heterocycles. The van der Waals surface area contributed by atoms with Crippen LogP contribution in [0.5, 0.6) is 0 Å². The fourth-order valence-corrected chi connectivity index (χ4v) is 3.16. The average Bonchev–Trinajstić information content (AvgIpc) is 2.28. The number of hydrogen-bond donors (Lipinski definition) is 0. The molecule has 0 aromatic carbocycles. The van der Waals surface area contributed by atoms with Crippen LogP contribution in [0.25, 0.3) is 11.5 Å². The first kappa shape index (κ1) is 13.9. The summed E-state index contributed by atoms with van der Waals surface area (Å²) in [6.45, 7) is 3.97. The van der Waals surface area contributed by atoms with E-state index < -0.39 is 0 Å². The third kappa shape index (κ3) is 2.73. The van der Waals surface area contributed by atoms with Gasteiger partial charge in [0.05, 0.1) is 0 Å². The third-order valence-electron chi connectivity index (χ3n) is 2.54. The molecule has 0 bridgehead atoms. The van der Waals surface area contributed by atoms with Crippen LogP contribution in [0.4, 0.5) is 0 Å². The topological polar surface area (TPSA) is 38.7 Å². The fraction of sp³-hybridized carbons (Fsp3) is 0.250. The SMILES string of the molecule is CCc1c(C)nc(-c2ncc(Br)cc2Br)nc1Cl. The zero-order chi connectivity index (χ0) is 13.3. The van der Waals surface area contributed by atoms with Crippen LogP contribution in [-0.2, 0) is 6.42 Å². The summed E-state index contributed by atoms with van der Waals surface area (Å²) in [5, 5.41) is 0.497. The molecule has 0 aliphatic carbocycles. The van der Waals surface area contributed by atoms with Crippen molar-refractivity contribution in [3.8, 4) is 11.5 Å². The predicted octanol–water partition coefficient (Wildman–Crippen LogP) is 4.59. The summed E-state index contributed by atoms with van der Waals surface area (Å²) in [5.41, 5.74) is 2.56. The molecule has 6 heteroatoms. The van der Waals surface area contributed by atoms with Crippen molar-refractivity contribution in [3.05, 3.63) is 37.6 Å². The maximum absolute atomic E-state index is 6.16. The van der Waals surface area contributed by atoms with E-state index in [-0.39, 0.29) is 0 Å². The Labute approximate surface area is 127 Å². The second kappa shape index (κ2) is 5.63. The highest BCUT2D eigenvalue weighted by atomic mass is 79.9. The van der Waals surface area contributed by atoms with Crippen LogP contribution in [0, 0.1) is 6.92 Å². The molecule has 0 amide bonds. The largest absolute Gasteiger partial charge is 0.251 e. The van der Waals surface area contributed by atoms with Gasteiger partial charge in [0.1, 0.15) is 10.8 Å². The minimum Gasteiger partial charge on any atom is -0.251 e. The molecule has 0 atom stereocenters. The molecule has 3 nitrogen and oxygen atoms in total. The Morgan fingerprint density at radius 2 is 2.00 bits per heavy atom. The highest BCUT2D eigenvalue weighted by Crippen LogP contribution is 2.28. The maximum atomic E-state index is 6.16. The van der Waals surface area contributed by atoms with Gasteiger partial charge < -0.3 is 0 Å². The number of rotatable bonds is 2. The minimum absolute atomic E-state index is 0.497. The Hall–Kier alpha value is -0.520. The van der Waals surface area contributed by atoms with Gasteiger partial charge in [0.25, 0.3) is 0 Å². The summed E-state index contributed by atoms with van der Waals surface area (Å²) in [7, 11) is 0. The van der Waals surface area contributed by atoms with E-state index in [2.05, 4.69) is 46.8 Å². The number of pyridine rings is 1. The lowest BCUT2D eigenvalue weighted by atomic mass is 10.2. The minimum atomic E-state index is 0.497. The molecule has 0 spiro atoms. The number of aromatic nitrogens is 3. The van der Waals surface area contributed by atoms with Crippen LogP contribution in [0.2, 0.25) is 5.15 Å². The number of aryl methyl sites for hydroxylation is 1. The zero-order valence-corrected chi connectivity index (χ0v) is 13.8. The van der Waals surface area contributed by atoms with Gasteiger partial charge in [-0.3, -0.25) is 4.98 Å². The van der Waals surface area contributed by atoms with Crippen molar-refractivity contribution in [1.82, 2.24) is 15.0 Å². The van der Waals surface area contributed by atoms with Crippen LogP contribution < -0.4 is 0 Å². The van der Waals surface area contributed by atoms with E-state index in [1.54, 1.807) is 6.20 Å². The molecular formula is C12H10Br2ClN3. The molecule has 0 aliphatic rings. The number of nitrogens with zero attached hydrogens (tertiary/aromatic N) is 3. The van der Waals surface area contributed by atoms with Crippen molar-refractivity contribution >= 4 is 43.5 Å². The lowest BCUT2D eigenvalue weighted by molar-refractivity contribution is 0.993. The molecule has 2 aromatic rings. The van der Waals surface area contributed by atoms with E-state index in [4.69, 9.17) is 11.6 Å². The molecule has 94 valence electrons. The lowest BCUT2D eigenvalue weighted by Gasteiger charge is -2.08. The van der Waals surface area contributed by atoms with Crippen LogP contribution in [0.15, 0.2) is 21.2 Å². The van der Waals surface area contributed by atoms with Crippen molar-refractivity contribution < 1.29 is 0 Å². The highest BCUT2D eigenvalue weighted by molar-refractivity contribution is 9.11. The van der Waals surface area contributed by atoms with Crippen LogP contribution in [0.3, 0.4) is 0 Å². The van der Waals surface area contributed by atoms with Crippen molar-refractivity contribution in [2.45, 2.75) is 20.3 Å². The van der Waals surface area contributed by atoms with E-state index in [1.165, 1.54) is 0 Å². The molecule has 2 rings (SSSR count). The first-order valence-electron chi connectivity index (χ1n) is 5.37. The summed E-state index contributed by atoms with van der Waals surface area (Å²) in [6, 6.07) is 1.91.